The molecule has 4 heteroatoms. The van der Waals surface area contributed by atoms with Crippen LogP contribution in [0.25, 0.3) is 0 Å². The molecule has 0 atom stereocenters. The second-order valence-corrected chi connectivity index (χ2v) is 8.35. The molecule has 0 spiro atoms. The molecule has 1 heterocycles. The Morgan fingerprint density at radius 2 is 1.20 bits per heavy atom. The van der Waals surface area contributed by atoms with Crippen LogP contribution < -0.4 is 19.3 Å². The molecule has 0 fully saturated rings. The number of fused-ring (bicyclic) bond motifs is 2. The number of nitrogens with zero attached hydrogens (tertiary/aromatic N) is 2. The molecule has 0 bridgehead atoms. The van der Waals surface area contributed by atoms with Crippen LogP contribution in [0.15, 0.2) is 60.7 Å². The third-order valence-corrected chi connectivity index (χ3v) is 5.43. The number of rotatable bonds is 5. The fourth-order valence-electron chi connectivity index (χ4n) is 4.17. The maximum Gasteiger partial charge on any atom is 0.131 e. The summed E-state index contributed by atoms with van der Waals surface area (Å²) in [4.78, 5) is 4.83. The topological polar surface area (TPSA) is 24.9 Å². The van der Waals surface area contributed by atoms with Crippen molar-refractivity contribution in [3.05, 3.63) is 66.2 Å². The molecule has 0 N–H and O–H groups in total. The number of ether oxygens (including phenoxy) is 2. The van der Waals surface area contributed by atoms with Gasteiger partial charge < -0.3 is 19.3 Å². The second-order valence-electron chi connectivity index (χ2n) is 8.35. The summed E-state index contributed by atoms with van der Waals surface area (Å²) in [5.41, 5.74) is 6.12. The Morgan fingerprint density at radius 1 is 0.633 bits per heavy atom. The first kappa shape index (κ1) is 20.1. The minimum atomic E-state index is 0.312. The SMILES string of the molecule is COc1cccc(Oc2ccc3c(c2)N(C(C)C)c2ccc(C)cc2N3C(C)C)c1. The van der Waals surface area contributed by atoms with Gasteiger partial charge in [0, 0.05) is 24.2 Å². The minimum Gasteiger partial charge on any atom is -0.497 e. The molecule has 30 heavy (non-hydrogen) atoms. The Hall–Kier alpha value is -3.14. The predicted molar refractivity (Wildman–Crippen MR) is 125 cm³/mol. The molecule has 4 rings (SSSR count). The highest BCUT2D eigenvalue weighted by Crippen LogP contribution is 2.51. The summed E-state index contributed by atoms with van der Waals surface area (Å²) in [6.45, 7) is 11.1. The van der Waals surface area contributed by atoms with E-state index in [0.29, 0.717) is 12.1 Å². The van der Waals surface area contributed by atoms with Gasteiger partial charge in [-0.15, -0.1) is 0 Å². The number of anilines is 4. The Bertz CT molecular complexity index is 1060. The smallest absolute Gasteiger partial charge is 0.131 e. The van der Waals surface area contributed by atoms with E-state index in [4.69, 9.17) is 9.47 Å². The number of methoxy groups -OCH3 is 1. The van der Waals surface area contributed by atoms with Crippen LogP contribution in [0.5, 0.6) is 17.2 Å². The standard InChI is InChI=1S/C26H30N2O2/c1-17(2)27-24-13-11-22(30-21-9-7-8-20(15-21)29-6)16-26(24)28(18(3)4)23-12-10-19(5)14-25(23)27/h7-18H,1-6H3. The molecule has 0 aromatic heterocycles. The lowest BCUT2D eigenvalue weighted by atomic mass is 10.0. The Labute approximate surface area is 179 Å². The molecule has 0 unspecified atom stereocenters. The normalized spacial score (nSPS) is 12.8. The van der Waals surface area contributed by atoms with E-state index in [1.165, 1.54) is 22.6 Å². The second kappa shape index (κ2) is 7.94. The molecule has 4 nitrogen and oxygen atoms in total. The molecule has 0 saturated carbocycles. The van der Waals surface area contributed by atoms with Gasteiger partial charge in [-0.3, -0.25) is 0 Å². The summed E-state index contributed by atoms with van der Waals surface area (Å²) < 4.78 is 11.5. The number of benzene rings is 3. The van der Waals surface area contributed by atoms with E-state index in [9.17, 15) is 0 Å². The van der Waals surface area contributed by atoms with Crippen molar-refractivity contribution in [1.82, 2.24) is 0 Å². The van der Waals surface area contributed by atoms with Crippen molar-refractivity contribution in [1.29, 1.82) is 0 Å². The van der Waals surface area contributed by atoms with Gasteiger partial charge in [0.1, 0.15) is 17.2 Å². The Balaban J connectivity index is 1.81. The van der Waals surface area contributed by atoms with Crippen LogP contribution in [0.1, 0.15) is 33.3 Å². The molecule has 0 saturated heterocycles. The molecule has 156 valence electrons. The highest BCUT2D eigenvalue weighted by Gasteiger charge is 2.31. The van der Waals surface area contributed by atoms with Crippen LogP contribution in [-0.2, 0) is 0 Å². The van der Waals surface area contributed by atoms with Crippen molar-refractivity contribution in [2.24, 2.45) is 0 Å². The van der Waals surface area contributed by atoms with E-state index in [1.54, 1.807) is 7.11 Å². The first-order valence-electron chi connectivity index (χ1n) is 10.5. The van der Waals surface area contributed by atoms with Crippen molar-refractivity contribution >= 4 is 22.7 Å². The molecular formula is C26H30N2O2. The van der Waals surface area contributed by atoms with Crippen molar-refractivity contribution in [2.45, 2.75) is 46.7 Å². The van der Waals surface area contributed by atoms with Crippen LogP contribution in [0, 0.1) is 6.92 Å². The van der Waals surface area contributed by atoms with Crippen LogP contribution in [-0.4, -0.2) is 19.2 Å². The summed E-state index contributed by atoms with van der Waals surface area (Å²) in [6.07, 6.45) is 0. The zero-order valence-electron chi connectivity index (χ0n) is 18.6. The van der Waals surface area contributed by atoms with Gasteiger partial charge in [0.15, 0.2) is 0 Å². The zero-order chi connectivity index (χ0) is 21.4. The maximum atomic E-state index is 6.19. The van der Waals surface area contributed by atoms with Crippen LogP contribution >= 0.6 is 0 Å². The van der Waals surface area contributed by atoms with E-state index in [1.807, 2.05) is 30.3 Å². The van der Waals surface area contributed by atoms with Crippen LogP contribution in [0.4, 0.5) is 22.7 Å². The summed E-state index contributed by atoms with van der Waals surface area (Å²) in [6, 6.07) is 21.4. The van der Waals surface area contributed by atoms with Gasteiger partial charge >= 0.3 is 0 Å². The molecule has 3 aromatic rings. The first-order valence-corrected chi connectivity index (χ1v) is 10.5. The first-order chi connectivity index (χ1) is 14.4. The van der Waals surface area contributed by atoms with E-state index in [2.05, 4.69) is 74.8 Å². The van der Waals surface area contributed by atoms with Gasteiger partial charge in [-0.05, 0) is 76.6 Å². The lowest BCUT2D eigenvalue weighted by Crippen LogP contribution is -2.36. The summed E-state index contributed by atoms with van der Waals surface area (Å²) in [5.74, 6) is 2.36. The lowest BCUT2D eigenvalue weighted by Gasteiger charge is -2.44. The Morgan fingerprint density at radius 3 is 1.83 bits per heavy atom. The Kier molecular flexibility index (Phi) is 5.33. The third kappa shape index (κ3) is 3.58. The molecule has 0 aliphatic carbocycles. The summed E-state index contributed by atoms with van der Waals surface area (Å²) >= 11 is 0. The van der Waals surface area contributed by atoms with Gasteiger partial charge in [-0.2, -0.15) is 0 Å². The molecular weight excluding hydrogens is 372 g/mol. The van der Waals surface area contributed by atoms with Gasteiger partial charge in [0.2, 0.25) is 0 Å². The third-order valence-electron chi connectivity index (χ3n) is 5.43. The monoisotopic (exact) mass is 402 g/mol. The van der Waals surface area contributed by atoms with Crippen molar-refractivity contribution in [3.8, 4) is 17.2 Å². The number of aryl methyl sites for hydroxylation is 1. The van der Waals surface area contributed by atoms with Crippen LogP contribution in [0.3, 0.4) is 0 Å². The van der Waals surface area contributed by atoms with Gasteiger partial charge in [0.25, 0.3) is 0 Å². The van der Waals surface area contributed by atoms with Gasteiger partial charge in [0.05, 0.1) is 29.9 Å². The van der Waals surface area contributed by atoms with E-state index < -0.39 is 0 Å². The largest absolute Gasteiger partial charge is 0.497 e. The molecule has 1 aliphatic heterocycles. The fraction of sp³-hybridized carbons (Fsp3) is 0.308. The predicted octanol–water partition coefficient (Wildman–Crippen LogP) is 7.20. The van der Waals surface area contributed by atoms with Crippen molar-refractivity contribution < 1.29 is 9.47 Å². The number of hydrogen-bond acceptors (Lipinski definition) is 4. The molecule has 3 aromatic carbocycles. The average Bonchev–Trinajstić information content (AvgIpc) is 2.71. The maximum absolute atomic E-state index is 6.19. The summed E-state index contributed by atoms with van der Waals surface area (Å²) in [5, 5.41) is 0. The fourth-order valence-corrected chi connectivity index (χ4v) is 4.17. The molecule has 0 amide bonds. The lowest BCUT2D eigenvalue weighted by molar-refractivity contribution is 0.409. The molecule has 1 aliphatic rings. The van der Waals surface area contributed by atoms with Crippen molar-refractivity contribution in [3.63, 3.8) is 0 Å². The van der Waals surface area contributed by atoms with E-state index in [0.717, 1.165) is 22.9 Å². The minimum absolute atomic E-state index is 0.312. The van der Waals surface area contributed by atoms with Crippen LogP contribution in [0.2, 0.25) is 0 Å². The average molecular weight is 403 g/mol. The zero-order valence-corrected chi connectivity index (χ0v) is 18.6. The van der Waals surface area contributed by atoms with E-state index in [-0.39, 0.29) is 0 Å². The van der Waals surface area contributed by atoms with Gasteiger partial charge in [-0.1, -0.05) is 12.1 Å². The highest BCUT2D eigenvalue weighted by molar-refractivity contribution is 5.94. The number of hydrogen-bond donors (Lipinski definition) is 0. The summed E-state index contributed by atoms with van der Waals surface area (Å²) in [7, 11) is 1.66. The van der Waals surface area contributed by atoms with Gasteiger partial charge in [-0.25, -0.2) is 0 Å². The quantitative estimate of drug-likeness (QED) is 0.450. The molecule has 0 radical (unpaired) electrons. The highest BCUT2D eigenvalue weighted by atomic mass is 16.5. The van der Waals surface area contributed by atoms with Crippen molar-refractivity contribution in [2.75, 3.05) is 16.9 Å². The van der Waals surface area contributed by atoms with E-state index >= 15 is 0 Å².